The Morgan fingerprint density at radius 3 is 1.63 bits per heavy atom. The molecule has 9 aromatic carbocycles. The van der Waals surface area contributed by atoms with Gasteiger partial charge >= 0.3 is 0 Å². The van der Waals surface area contributed by atoms with Crippen molar-refractivity contribution in [2.75, 3.05) is 9.80 Å². The van der Waals surface area contributed by atoms with Crippen LogP contribution in [0.3, 0.4) is 0 Å². The maximum atomic E-state index is 6.63. The summed E-state index contributed by atoms with van der Waals surface area (Å²) >= 11 is 1.85. The molecule has 11 rings (SSSR count). The van der Waals surface area contributed by atoms with Gasteiger partial charge in [0.2, 0.25) is 0 Å². The van der Waals surface area contributed by atoms with Crippen molar-refractivity contribution < 1.29 is 4.42 Å². The fraction of sp³-hybridized carbons (Fsp3) is 0. The van der Waals surface area contributed by atoms with Crippen LogP contribution in [-0.2, 0) is 0 Å². The summed E-state index contributed by atoms with van der Waals surface area (Å²) in [5, 5.41) is 9.54. The van der Waals surface area contributed by atoms with E-state index in [4.69, 9.17) is 4.42 Å². The van der Waals surface area contributed by atoms with E-state index in [1.165, 1.54) is 36.3 Å². The van der Waals surface area contributed by atoms with Crippen molar-refractivity contribution in [2.24, 2.45) is 0 Å². The Balaban J connectivity index is 1.16. The summed E-state index contributed by atoms with van der Waals surface area (Å²) < 4.78 is 9.17. The smallest absolute Gasteiger partial charge is 0.143 e. The Hall–Kier alpha value is -6.88. The van der Waals surface area contributed by atoms with Gasteiger partial charge in [0.25, 0.3) is 0 Å². The topological polar surface area (TPSA) is 19.6 Å². The molecule has 0 fully saturated rings. The van der Waals surface area contributed by atoms with Gasteiger partial charge in [0.1, 0.15) is 11.2 Å². The van der Waals surface area contributed by atoms with E-state index in [2.05, 4.69) is 198 Å². The van der Waals surface area contributed by atoms with Gasteiger partial charge in [-0.1, -0.05) is 115 Å². The second-order valence-electron chi connectivity index (χ2n) is 13.7. The van der Waals surface area contributed by atoms with Gasteiger partial charge in [-0.05, 0) is 95.0 Å². The molecule has 11 aromatic rings. The predicted octanol–water partition coefficient (Wildman–Crippen LogP) is 15.2. The first-order valence-corrected chi connectivity index (χ1v) is 19.1. The van der Waals surface area contributed by atoms with Crippen molar-refractivity contribution in [1.29, 1.82) is 0 Å². The molecule has 0 spiro atoms. The minimum atomic E-state index is 0.902. The van der Waals surface area contributed by atoms with Gasteiger partial charge in [-0.2, -0.15) is 0 Å². The summed E-state index contributed by atoms with van der Waals surface area (Å²) in [4.78, 5) is 4.74. The fourth-order valence-electron chi connectivity index (χ4n) is 8.22. The minimum Gasteiger partial charge on any atom is -0.455 e. The lowest BCUT2D eigenvalue weighted by Crippen LogP contribution is -2.12. The number of hydrogen-bond acceptors (Lipinski definition) is 4. The van der Waals surface area contributed by atoms with Gasteiger partial charge in [-0.15, -0.1) is 11.3 Å². The molecule has 0 saturated heterocycles. The highest BCUT2D eigenvalue weighted by Crippen LogP contribution is 2.48. The van der Waals surface area contributed by atoms with E-state index in [0.717, 1.165) is 61.4 Å². The summed E-state index contributed by atoms with van der Waals surface area (Å²) in [5.41, 5.74) is 8.47. The van der Waals surface area contributed by atoms with Gasteiger partial charge in [0.05, 0.1) is 10.4 Å². The maximum Gasteiger partial charge on any atom is 0.143 e. The van der Waals surface area contributed by atoms with E-state index in [1.807, 2.05) is 17.4 Å². The number of benzene rings is 9. The van der Waals surface area contributed by atoms with E-state index >= 15 is 0 Å². The Bertz CT molecular complexity index is 3130. The van der Waals surface area contributed by atoms with Gasteiger partial charge in [0.15, 0.2) is 0 Å². The zero-order valence-electron chi connectivity index (χ0n) is 29.2. The van der Waals surface area contributed by atoms with E-state index in [-0.39, 0.29) is 0 Å². The molecule has 0 aliphatic rings. The van der Waals surface area contributed by atoms with Gasteiger partial charge in [-0.25, -0.2) is 0 Å². The number of para-hydroxylation sites is 3. The van der Waals surface area contributed by atoms with Crippen LogP contribution in [-0.4, -0.2) is 0 Å². The number of nitrogens with zero attached hydrogens (tertiary/aromatic N) is 2. The molecule has 0 saturated carbocycles. The molecule has 0 amide bonds. The molecular weight excluding hydrogens is 677 g/mol. The van der Waals surface area contributed by atoms with Crippen LogP contribution in [0.1, 0.15) is 0 Å². The second-order valence-corrected chi connectivity index (χ2v) is 14.7. The van der Waals surface area contributed by atoms with Crippen LogP contribution in [0.2, 0.25) is 0 Å². The number of thiophene rings is 1. The Morgan fingerprint density at radius 1 is 0.352 bits per heavy atom. The second kappa shape index (κ2) is 12.4. The molecule has 0 aliphatic heterocycles. The summed E-state index contributed by atoms with van der Waals surface area (Å²) in [6, 6.07) is 69.6. The van der Waals surface area contributed by atoms with Crippen molar-refractivity contribution >= 4 is 109 Å². The lowest BCUT2D eigenvalue weighted by Gasteiger charge is -2.29. The summed E-state index contributed by atoms with van der Waals surface area (Å²) in [6.07, 6.45) is 0. The molecule has 0 atom stereocenters. The summed E-state index contributed by atoms with van der Waals surface area (Å²) in [5.74, 6) is 0. The Kier molecular flexibility index (Phi) is 7.04. The first kappa shape index (κ1) is 30.7. The third-order valence-electron chi connectivity index (χ3n) is 10.6. The lowest BCUT2D eigenvalue weighted by molar-refractivity contribution is 0.673. The SMILES string of the molecule is c1ccc(N(c2ccccc2)c2ccc(N(c3ccc4c5ccccc5c5oc6ccccc6c5c4c3)c3cccc4c3sc3ccccc34)cc2)cc1. The summed E-state index contributed by atoms with van der Waals surface area (Å²) in [7, 11) is 0. The molecular formula is C50H32N2OS. The highest BCUT2D eigenvalue weighted by molar-refractivity contribution is 7.26. The largest absolute Gasteiger partial charge is 0.455 e. The minimum absolute atomic E-state index is 0.902. The van der Waals surface area contributed by atoms with Crippen LogP contribution in [0.25, 0.3) is 63.7 Å². The maximum absolute atomic E-state index is 6.63. The van der Waals surface area contributed by atoms with Crippen LogP contribution < -0.4 is 9.80 Å². The number of anilines is 6. The standard InChI is InChI=1S/C50H32N2OS/c1-3-14-33(15-4-1)51(34-16-5-2-6-17-34)35-26-28-36(29-27-35)52(45-23-13-22-42-40-19-10-12-25-47(40)54-50(42)45)37-30-31-39-38-18-7-8-20-41(38)49-48(44(39)32-37)43-21-9-11-24-46(43)53-49/h1-32H. The third kappa shape index (κ3) is 4.81. The third-order valence-corrected chi connectivity index (χ3v) is 11.8. The average molecular weight is 709 g/mol. The van der Waals surface area contributed by atoms with Gasteiger partial charge in [-0.3, -0.25) is 0 Å². The van der Waals surface area contributed by atoms with Crippen LogP contribution in [0.15, 0.2) is 199 Å². The molecule has 4 heteroatoms. The average Bonchev–Trinajstić information content (AvgIpc) is 3.83. The highest BCUT2D eigenvalue weighted by Gasteiger charge is 2.22. The number of hydrogen-bond donors (Lipinski definition) is 0. The molecule has 0 unspecified atom stereocenters. The molecule has 54 heavy (non-hydrogen) atoms. The molecule has 2 aromatic heterocycles. The van der Waals surface area contributed by atoms with E-state index in [1.54, 1.807) is 0 Å². The first-order chi connectivity index (χ1) is 26.8. The molecule has 254 valence electrons. The monoisotopic (exact) mass is 708 g/mol. The molecule has 0 radical (unpaired) electrons. The van der Waals surface area contributed by atoms with E-state index in [0.29, 0.717) is 0 Å². The van der Waals surface area contributed by atoms with E-state index < -0.39 is 0 Å². The first-order valence-electron chi connectivity index (χ1n) is 18.3. The molecule has 3 nitrogen and oxygen atoms in total. The number of furan rings is 1. The molecule has 0 aliphatic carbocycles. The quantitative estimate of drug-likeness (QED) is 0.160. The van der Waals surface area contributed by atoms with Crippen molar-refractivity contribution in [3.8, 4) is 0 Å². The van der Waals surface area contributed by atoms with Crippen LogP contribution in [0, 0.1) is 0 Å². The Labute approximate surface area is 316 Å². The normalized spacial score (nSPS) is 11.7. The van der Waals surface area contributed by atoms with Gasteiger partial charge < -0.3 is 14.2 Å². The Morgan fingerprint density at radius 2 is 0.889 bits per heavy atom. The van der Waals surface area contributed by atoms with Crippen LogP contribution in [0.5, 0.6) is 0 Å². The summed E-state index contributed by atoms with van der Waals surface area (Å²) in [6.45, 7) is 0. The zero-order chi connectivity index (χ0) is 35.6. The van der Waals surface area contributed by atoms with Crippen molar-refractivity contribution in [3.05, 3.63) is 194 Å². The predicted molar refractivity (Wildman–Crippen MR) is 231 cm³/mol. The van der Waals surface area contributed by atoms with Crippen molar-refractivity contribution in [3.63, 3.8) is 0 Å². The highest BCUT2D eigenvalue weighted by atomic mass is 32.1. The van der Waals surface area contributed by atoms with Crippen molar-refractivity contribution in [1.82, 2.24) is 0 Å². The number of fused-ring (bicyclic) bond motifs is 11. The van der Waals surface area contributed by atoms with Crippen LogP contribution >= 0.6 is 11.3 Å². The van der Waals surface area contributed by atoms with Crippen molar-refractivity contribution in [2.45, 2.75) is 0 Å². The lowest BCUT2D eigenvalue weighted by atomic mass is 9.96. The fourth-order valence-corrected chi connectivity index (χ4v) is 9.43. The zero-order valence-corrected chi connectivity index (χ0v) is 30.0. The molecule has 2 heterocycles. The molecule has 0 N–H and O–H groups in total. The van der Waals surface area contributed by atoms with Crippen LogP contribution in [0.4, 0.5) is 34.1 Å². The number of rotatable bonds is 6. The molecule has 0 bridgehead atoms. The van der Waals surface area contributed by atoms with Gasteiger partial charge in [0, 0.05) is 60.1 Å². The van der Waals surface area contributed by atoms with E-state index in [9.17, 15) is 0 Å².